The third-order valence-corrected chi connectivity index (χ3v) is 2.91. The van der Waals surface area contributed by atoms with Gasteiger partial charge in [0.2, 0.25) is 5.91 Å². The molecule has 0 aliphatic rings. The minimum atomic E-state index is -0.200. The van der Waals surface area contributed by atoms with Gasteiger partial charge >= 0.3 is 0 Å². The highest BCUT2D eigenvalue weighted by atomic mass is 79.9. The first-order valence-corrected chi connectivity index (χ1v) is 6.08. The molecule has 0 bridgehead atoms. The number of halogens is 1. The molecule has 1 unspecified atom stereocenters. The summed E-state index contributed by atoms with van der Waals surface area (Å²) in [7, 11) is 0. The summed E-state index contributed by atoms with van der Waals surface area (Å²) in [5.41, 5.74) is 0.816. The van der Waals surface area contributed by atoms with Crippen molar-refractivity contribution in [1.29, 1.82) is 0 Å². The second-order valence-electron chi connectivity index (χ2n) is 3.63. The van der Waals surface area contributed by atoms with Crippen LogP contribution in [0, 0.1) is 0 Å². The van der Waals surface area contributed by atoms with Gasteiger partial charge in [0.15, 0.2) is 0 Å². The fourth-order valence-corrected chi connectivity index (χ4v) is 1.76. The molecule has 0 heterocycles. The van der Waals surface area contributed by atoms with Gasteiger partial charge in [-0.05, 0) is 31.2 Å². The quantitative estimate of drug-likeness (QED) is 0.924. The number of anilines is 1. The van der Waals surface area contributed by atoms with Crippen molar-refractivity contribution in [1.82, 2.24) is 0 Å². The number of benzene rings is 1. The molecule has 0 aliphatic heterocycles. The van der Waals surface area contributed by atoms with Crippen LogP contribution in [0.15, 0.2) is 28.7 Å². The molecule has 1 aromatic carbocycles. The van der Waals surface area contributed by atoms with Crippen LogP contribution in [0.25, 0.3) is 0 Å². The van der Waals surface area contributed by atoms with E-state index in [2.05, 4.69) is 15.9 Å². The number of carbonyl (C=O) groups excluding carboxylic acids is 1. The van der Waals surface area contributed by atoms with Gasteiger partial charge in [-0.2, -0.15) is 0 Å². The molecule has 0 aromatic heterocycles. The van der Waals surface area contributed by atoms with E-state index in [1.165, 1.54) is 0 Å². The monoisotopic (exact) mass is 285 g/mol. The Kier molecular flexibility index (Phi) is 4.96. The zero-order valence-corrected chi connectivity index (χ0v) is 11.1. The van der Waals surface area contributed by atoms with Crippen LogP contribution >= 0.6 is 15.9 Å². The fraction of sp³-hybridized carbons (Fsp3) is 0.417. The number of amides is 1. The van der Waals surface area contributed by atoms with Crippen LogP contribution in [0.5, 0.6) is 0 Å². The van der Waals surface area contributed by atoms with Crippen molar-refractivity contribution in [2.24, 2.45) is 0 Å². The van der Waals surface area contributed by atoms with Crippen molar-refractivity contribution in [3.63, 3.8) is 0 Å². The van der Waals surface area contributed by atoms with Crippen LogP contribution in [0.1, 0.15) is 20.3 Å². The topological polar surface area (TPSA) is 40.5 Å². The molecule has 0 radical (unpaired) electrons. The normalized spacial score (nSPS) is 12.2. The summed E-state index contributed by atoms with van der Waals surface area (Å²) in [5, 5.41) is 9.16. The van der Waals surface area contributed by atoms with E-state index in [1.807, 2.05) is 38.1 Å². The summed E-state index contributed by atoms with van der Waals surface area (Å²) in [5.74, 6) is 0.0175. The molecule has 0 saturated heterocycles. The zero-order valence-electron chi connectivity index (χ0n) is 9.48. The summed E-state index contributed by atoms with van der Waals surface area (Å²) in [6, 6.07) is 7.30. The summed E-state index contributed by atoms with van der Waals surface area (Å²) in [4.78, 5) is 13.4. The van der Waals surface area contributed by atoms with Crippen molar-refractivity contribution in [2.75, 3.05) is 11.5 Å². The number of aliphatic hydroxyl groups is 1. The predicted molar refractivity (Wildman–Crippen MR) is 68.5 cm³/mol. The number of aliphatic hydroxyl groups excluding tert-OH is 1. The molecule has 0 fully saturated rings. The lowest BCUT2D eigenvalue weighted by atomic mass is 10.2. The van der Waals surface area contributed by atoms with Crippen molar-refractivity contribution >= 4 is 27.5 Å². The third kappa shape index (κ3) is 3.06. The highest BCUT2D eigenvalue weighted by Crippen LogP contribution is 2.21. The highest BCUT2D eigenvalue weighted by Gasteiger charge is 2.19. The van der Waals surface area contributed by atoms with Crippen molar-refractivity contribution in [2.45, 2.75) is 26.3 Å². The highest BCUT2D eigenvalue weighted by molar-refractivity contribution is 9.10. The predicted octanol–water partition coefficient (Wildman–Crippen LogP) is 2.57. The Morgan fingerprint density at radius 1 is 1.44 bits per heavy atom. The first-order valence-electron chi connectivity index (χ1n) is 5.28. The van der Waals surface area contributed by atoms with Gasteiger partial charge in [-0.15, -0.1) is 0 Å². The number of hydrogen-bond donors (Lipinski definition) is 1. The van der Waals surface area contributed by atoms with Crippen molar-refractivity contribution in [3.8, 4) is 0 Å². The number of nitrogens with zero attached hydrogens (tertiary/aromatic N) is 1. The van der Waals surface area contributed by atoms with E-state index in [4.69, 9.17) is 5.11 Å². The molecule has 3 nitrogen and oxygen atoms in total. The summed E-state index contributed by atoms with van der Waals surface area (Å²) < 4.78 is 0.969. The molecule has 1 N–H and O–H groups in total. The van der Waals surface area contributed by atoms with Gasteiger partial charge in [-0.1, -0.05) is 22.9 Å². The molecular weight excluding hydrogens is 270 g/mol. The van der Waals surface area contributed by atoms with Crippen LogP contribution in [0.4, 0.5) is 5.69 Å². The lowest BCUT2D eigenvalue weighted by Gasteiger charge is -2.27. The molecule has 1 rings (SSSR count). The lowest BCUT2D eigenvalue weighted by Crippen LogP contribution is -2.40. The van der Waals surface area contributed by atoms with Gasteiger partial charge in [-0.25, -0.2) is 0 Å². The Balaban J connectivity index is 3.01. The van der Waals surface area contributed by atoms with Crippen molar-refractivity contribution in [3.05, 3.63) is 28.7 Å². The largest absolute Gasteiger partial charge is 0.394 e. The molecule has 0 aliphatic carbocycles. The lowest BCUT2D eigenvalue weighted by molar-refractivity contribution is -0.118. The minimum Gasteiger partial charge on any atom is -0.394 e. The number of carbonyl (C=O) groups is 1. The molecule has 4 heteroatoms. The van der Waals surface area contributed by atoms with E-state index in [1.54, 1.807) is 4.90 Å². The number of rotatable bonds is 4. The molecule has 16 heavy (non-hydrogen) atoms. The SMILES string of the molecule is CCC(=O)N(c1ccc(Br)cc1)C(C)CO. The minimum absolute atomic E-state index is 0.0175. The van der Waals surface area contributed by atoms with Crippen LogP contribution in [0.3, 0.4) is 0 Å². The van der Waals surface area contributed by atoms with Crippen LogP contribution in [-0.2, 0) is 4.79 Å². The molecule has 0 spiro atoms. The molecule has 1 atom stereocenters. The van der Waals surface area contributed by atoms with Gasteiger partial charge < -0.3 is 10.0 Å². The zero-order chi connectivity index (χ0) is 12.1. The van der Waals surface area contributed by atoms with Gasteiger partial charge in [0, 0.05) is 16.6 Å². The third-order valence-electron chi connectivity index (χ3n) is 2.38. The van der Waals surface area contributed by atoms with E-state index in [0.29, 0.717) is 6.42 Å². The van der Waals surface area contributed by atoms with Crippen LogP contribution < -0.4 is 4.90 Å². The first kappa shape index (κ1) is 13.2. The van der Waals surface area contributed by atoms with Gasteiger partial charge in [0.05, 0.1) is 12.6 Å². The smallest absolute Gasteiger partial charge is 0.227 e. The summed E-state index contributed by atoms with van der Waals surface area (Å²) >= 11 is 3.35. The second-order valence-corrected chi connectivity index (χ2v) is 4.54. The Morgan fingerprint density at radius 2 is 2.00 bits per heavy atom. The first-order chi connectivity index (χ1) is 7.60. The van der Waals surface area contributed by atoms with Crippen LogP contribution in [-0.4, -0.2) is 23.7 Å². The molecule has 0 saturated carbocycles. The summed E-state index contributed by atoms with van der Waals surface area (Å²) in [6.45, 7) is 3.61. The van der Waals surface area contributed by atoms with Crippen molar-refractivity contribution < 1.29 is 9.90 Å². The Labute approximate surface area is 104 Å². The van der Waals surface area contributed by atoms with E-state index in [-0.39, 0.29) is 18.6 Å². The van der Waals surface area contributed by atoms with E-state index >= 15 is 0 Å². The van der Waals surface area contributed by atoms with Gasteiger partial charge in [0.1, 0.15) is 0 Å². The van der Waals surface area contributed by atoms with E-state index < -0.39 is 0 Å². The Morgan fingerprint density at radius 3 is 2.44 bits per heavy atom. The maximum Gasteiger partial charge on any atom is 0.227 e. The second kappa shape index (κ2) is 6.01. The standard InChI is InChI=1S/C12H16BrNO2/c1-3-12(16)14(9(2)8-15)11-6-4-10(13)5-7-11/h4-7,9,15H,3,8H2,1-2H3. The molecule has 88 valence electrons. The Bertz CT molecular complexity index is 351. The van der Waals surface area contributed by atoms with E-state index in [0.717, 1.165) is 10.2 Å². The molecular formula is C12H16BrNO2. The summed E-state index contributed by atoms with van der Waals surface area (Å²) in [6.07, 6.45) is 0.431. The number of hydrogen-bond acceptors (Lipinski definition) is 2. The maximum absolute atomic E-state index is 11.8. The van der Waals surface area contributed by atoms with Crippen LogP contribution in [0.2, 0.25) is 0 Å². The molecule has 1 aromatic rings. The average Bonchev–Trinajstić information content (AvgIpc) is 2.31. The molecule has 1 amide bonds. The maximum atomic E-state index is 11.8. The van der Waals surface area contributed by atoms with E-state index in [9.17, 15) is 4.79 Å². The average molecular weight is 286 g/mol. The van der Waals surface area contributed by atoms with Gasteiger partial charge in [0.25, 0.3) is 0 Å². The fourth-order valence-electron chi connectivity index (χ4n) is 1.50. The Hall–Kier alpha value is -0.870. The van der Waals surface area contributed by atoms with Gasteiger partial charge in [-0.3, -0.25) is 4.79 Å².